The average Bonchev–Trinajstić information content (AvgIpc) is 3.11. The van der Waals surface area contributed by atoms with Crippen LogP contribution in [0.15, 0.2) is 24.3 Å². The van der Waals surface area contributed by atoms with Gasteiger partial charge in [0.15, 0.2) is 5.82 Å². The molecular formula is C16H21N5O. The average molecular weight is 299 g/mol. The number of carbonyl (C=O) groups excluding carboxylic acids is 1. The lowest BCUT2D eigenvalue weighted by Crippen LogP contribution is -2.39. The van der Waals surface area contributed by atoms with Crippen LogP contribution in [-0.2, 0) is 10.2 Å². The van der Waals surface area contributed by atoms with Crippen LogP contribution >= 0.6 is 0 Å². The van der Waals surface area contributed by atoms with E-state index in [1.807, 2.05) is 26.1 Å². The van der Waals surface area contributed by atoms with Crippen LogP contribution in [0.5, 0.6) is 0 Å². The van der Waals surface area contributed by atoms with E-state index in [0.717, 1.165) is 12.8 Å². The van der Waals surface area contributed by atoms with Gasteiger partial charge in [-0.05, 0) is 30.9 Å². The molecule has 1 saturated carbocycles. The van der Waals surface area contributed by atoms with E-state index in [1.54, 1.807) is 4.90 Å². The summed E-state index contributed by atoms with van der Waals surface area (Å²) in [5, 5.41) is 14.0. The molecule has 2 aromatic rings. The van der Waals surface area contributed by atoms with E-state index in [9.17, 15) is 4.79 Å². The molecule has 116 valence electrons. The first kappa shape index (κ1) is 14.7. The Labute approximate surface area is 129 Å². The first-order valence-corrected chi connectivity index (χ1v) is 7.59. The number of rotatable bonds is 5. The Kier molecular flexibility index (Phi) is 3.68. The monoisotopic (exact) mass is 299 g/mol. The normalized spacial score (nSPS) is 17.0. The van der Waals surface area contributed by atoms with Gasteiger partial charge in [-0.3, -0.25) is 4.79 Å². The van der Waals surface area contributed by atoms with E-state index in [4.69, 9.17) is 0 Å². The molecule has 22 heavy (non-hydrogen) atoms. The smallest absolute Gasteiger partial charge is 0.232 e. The molecule has 0 saturated heterocycles. The molecule has 1 aliphatic rings. The van der Waals surface area contributed by atoms with Gasteiger partial charge < -0.3 is 4.90 Å². The van der Waals surface area contributed by atoms with Gasteiger partial charge in [-0.1, -0.05) is 36.4 Å². The molecule has 0 bridgehead atoms. The molecule has 1 aromatic heterocycles. The molecule has 1 aromatic carbocycles. The summed E-state index contributed by atoms with van der Waals surface area (Å²) in [6, 6.07) is 8.18. The second kappa shape index (κ2) is 5.51. The molecule has 6 heteroatoms. The van der Waals surface area contributed by atoms with Crippen molar-refractivity contribution in [3.63, 3.8) is 0 Å². The van der Waals surface area contributed by atoms with Crippen LogP contribution in [0.3, 0.4) is 0 Å². The van der Waals surface area contributed by atoms with Gasteiger partial charge in [0.2, 0.25) is 5.91 Å². The van der Waals surface area contributed by atoms with Gasteiger partial charge in [0.05, 0.1) is 5.41 Å². The third-order valence-corrected chi connectivity index (χ3v) is 4.52. The number of hydrogen-bond acceptors (Lipinski definition) is 4. The Morgan fingerprint density at radius 3 is 2.73 bits per heavy atom. The number of aromatic nitrogens is 4. The zero-order valence-electron chi connectivity index (χ0n) is 13.2. The minimum atomic E-state index is -0.322. The van der Waals surface area contributed by atoms with Crippen LogP contribution in [0, 0.1) is 6.92 Å². The molecule has 1 unspecified atom stereocenters. The highest BCUT2D eigenvalue weighted by atomic mass is 16.2. The molecule has 3 rings (SSSR count). The highest BCUT2D eigenvalue weighted by molar-refractivity contribution is 5.91. The maximum atomic E-state index is 12.9. The number of hydrogen-bond donors (Lipinski definition) is 1. The largest absolute Gasteiger partial charge is 0.344 e. The number of tetrazole rings is 1. The molecule has 6 nitrogen and oxygen atoms in total. The van der Waals surface area contributed by atoms with Crippen molar-refractivity contribution in [2.75, 3.05) is 13.6 Å². The zero-order valence-corrected chi connectivity index (χ0v) is 13.2. The highest BCUT2D eigenvalue weighted by Crippen LogP contribution is 2.50. The molecule has 1 atom stereocenters. The van der Waals surface area contributed by atoms with Gasteiger partial charge in [-0.25, -0.2) is 0 Å². The summed E-state index contributed by atoms with van der Waals surface area (Å²) in [6.45, 7) is 4.67. The summed E-state index contributed by atoms with van der Waals surface area (Å²) in [5.41, 5.74) is 2.03. The van der Waals surface area contributed by atoms with Crippen molar-refractivity contribution in [3.05, 3.63) is 41.2 Å². The number of nitrogens with one attached hydrogen (secondary N) is 1. The number of benzene rings is 1. The number of amides is 1. The molecule has 0 radical (unpaired) electrons. The lowest BCUT2D eigenvalue weighted by atomic mass is 9.90. The fourth-order valence-electron chi connectivity index (χ4n) is 3.15. The van der Waals surface area contributed by atoms with E-state index in [1.165, 1.54) is 11.1 Å². The maximum Gasteiger partial charge on any atom is 0.232 e. The maximum absolute atomic E-state index is 12.9. The molecule has 0 aliphatic heterocycles. The molecule has 0 spiro atoms. The Bertz CT molecular complexity index is 663. The van der Waals surface area contributed by atoms with Crippen LogP contribution < -0.4 is 0 Å². The predicted octanol–water partition coefficient (Wildman–Crippen LogP) is 1.80. The van der Waals surface area contributed by atoms with Crippen LogP contribution in [0.2, 0.25) is 0 Å². The summed E-state index contributed by atoms with van der Waals surface area (Å²) in [5.74, 6) is 0.887. The van der Waals surface area contributed by atoms with E-state index in [2.05, 4.69) is 39.7 Å². The third-order valence-electron chi connectivity index (χ3n) is 4.52. The Morgan fingerprint density at radius 2 is 2.14 bits per heavy atom. The van der Waals surface area contributed by atoms with Crippen molar-refractivity contribution in [2.24, 2.45) is 0 Å². The van der Waals surface area contributed by atoms with Gasteiger partial charge in [0.1, 0.15) is 0 Å². The quantitative estimate of drug-likeness (QED) is 0.913. The minimum absolute atomic E-state index is 0.0559. The summed E-state index contributed by atoms with van der Waals surface area (Å²) in [6.07, 6.45) is 1.86. The summed E-state index contributed by atoms with van der Waals surface area (Å²) in [7, 11) is 1.86. The van der Waals surface area contributed by atoms with Crippen molar-refractivity contribution < 1.29 is 4.79 Å². The number of aryl methyl sites for hydroxylation is 1. The zero-order chi connectivity index (χ0) is 15.7. The fraction of sp³-hybridized carbons (Fsp3) is 0.500. The van der Waals surface area contributed by atoms with Gasteiger partial charge in [0, 0.05) is 19.5 Å². The lowest BCUT2D eigenvalue weighted by Gasteiger charge is -2.26. The van der Waals surface area contributed by atoms with E-state index in [0.29, 0.717) is 12.4 Å². The SMILES string of the molecule is Cc1ccccc1C1(C(=O)N(C)CC(C)c2nn[nH]n2)CC1. The van der Waals surface area contributed by atoms with Gasteiger partial charge in [-0.15, -0.1) is 10.2 Å². The highest BCUT2D eigenvalue weighted by Gasteiger charge is 2.53. The van der Waals surface area contributed by atoms with Crippen molar-refractivity contribution >= 4 is 5.91 Å². The summed E-state index contributed by atoms with van der Waals surface area (Å²) < 4.78 is 0. The van der Waals surface area contributed by atoms with Gasteiger partial charge in [0.25, 0.3) is 0 Å². The van der Waals surface area contributed by atoms with Crippen LogP contribution in [0.1, 0.15) is 42.6 Å². The first-order valence-electron chi connectivity index (χ1n) is 7.59. The molecule has 1 aliphatic carbocycles. The molecule has 1 heterocycles. The number of carbonyl (C=O) groups is 1. The Morgan fingerprint density at radius 1 is 1.41 bits per heavy atom. The Hall–Kier alpha value is -2.24. The molecule has 1 amide bonds. The minimum Gasteiger partial charge on any atom is -0.344 e. The van der Waals surface area contributed by atoms with Crippen LogP contribution in [-0.4, -0.2) is 45.0 Å². The predicted molar refractivity (Wildman–Crippen MR) is 82.3 cm³/mol. The molecular weight excluding hydrogens is 278 g/mol. The van der Waals surface area contributed by atoms with Gasteiger partial charge in [-0.2, -0.15) is 5.21 Å². The number of aromatic amines is 1. The number of H-pyrrole nitrogens is 1. The van der Waals surface area contributed by atoms with Crippen molar-refractivity contribution in [1.29, 1.82) is 0 Å². The summed E-state index contributed by atoms with van der Waals surface area (Å²) >= 11 is 0. The lowest BCUT2D eigenvalue weighted by molar-refractivity contribution is -0.132. The number of likely N-dealkylation sites (N-methyl/N-ethyl adjacent to an activating group) is 1. The van der Waals surface area contributed by atoms with Crippen molar-refractivity contribution in [3.8, 4) is 0 Å². The van der Waals surface area contributed by atoms with Crippen LogP contribution in [0.25, 0.3) is 0 Å². The second-order valence-electron chi connectivity index (χ2n) is 6.25. The number of nitrogens with zero attached hydrogens (tertiary/aromatic N) is 4. The van der Waals surface area contributed by atoms with Crippen molar-refractivity contribution in [1.82, 2.24) is 25.5 Å². The first-order chi connectivity index (χ1) is 10.5. The van der Waals surface area contributed by atoms with E-state index < -0.39 is 0 Å². The third kappa shape index (κ3) is 2.49. The molecule has 1 fully saturated rings. The summed E-state index contributed by atoms with van der Waals surface area (Å²) in [4.78, 5) is 14.8. The topological polar surface area (TPSA) is 74.8 Å². The fourth-order valence-corrected chi connectivity index (χ4v) is 3.15. The van der Waals surface area contributed by atoms with Crippen molar-refractivity contribution in [2.45, 2.75) is 38.0 Å². The van der Waals surface area contributed by atoms with Crippen LogP contribution in [0.4, 0.5) is 0 Å². The Balaban J connectivity index is 1.75. The second-order valence-corrected chi connectivity index (χ2v) is 6.25. The van der Waals surface area contributed by atoms with E-state index >= 15 is 0 Å². The van der Waals surface area contributed by atoms with Gasteiger partial charge >= 0.3 is 0 Å². The standard InChI is InChI=1S/C16H21N5O/c1-11-6-4-5-7-13(11)16(8-9-16)15(22)21(3)10-12(2)14-17-19-20-18-14/h4-7,12H,8-10H2,1-3H3,(H,17,18,19,20). The molecule has 1 N–H and O–H groups in total. The van der Waals surface area contributed by atoms with E-state index in [-0.39, 0.29) is 17.2 Å².